The van der Waals surface area contributed by atoms with Crippen molar-refractivity contribution >= 4 is 31.5 Å². The van der Waals surface area contributed by atoms with Gasteiger partial charge in [-0.1, -0.05) is 13.2 Å². The maximum absolute atomic E-state index is 11.1. The van der Waals surface area contributed by atoms with Gasteiger partial charge in [-0.3, -0.25) is 9.59 Å². The minimum atomic E-state index is -3.67. The highest BCUT2D eigenvalue weighted by molar-refractivity contribution is 7.95. The van der Waals surface area contributed by atoms with Gasteiger partial charge in [0.15, 0.2) is 19.7 Å². The number of sulfone groups is 2. The fourth-order valence-electron chi connectivity index (χ4n) is 0.827. The zero-order valence-electron chi connectivity index (χ0n) is 9.96. The van der Waals surface area contributed by atoms with Gasteiger partial charge in [-0.05, 0) is 0 Å². The summed E-state index contributed by atoms with van der Waals surface area (Å²) in [4.78, 5) is 22.2. The van der Waals surface area contributed by atoms with Gasteiger partial charge in [0.25, 0.3) is 0 Å². The molecule has 0 heterocycles. The molecule has 0 rings (SSSR count). The fraction of sp³-hybridized carbons (Fsp3) is 0.333. The van der Waals surface area contributed by atoms with Gasteiger partial charge in [0, 0.05) is 10.8 Å². The van der Waals surface area contributed by atoms with Crippen LogP contribution in [-0.2, 0) is 29.3 Å². The first-order valence-corrected chi connectivity index (χ1v) is 8.29. The summed E-state index contributed by atoms with van der Waals surface area (Å²) in [6.45, 7) is 5.68. The van der Waals surface area contributed by atoms with E-state index in [0.717, 1.165) is 0 Å². The molecule has 0 bridgehead atoms. The Morgan fingerprint density at radius 1 is 0.842 bits per heavy atom. The lowest BCUT2D eigenvalue weighted by Gasteiger charge is -2.06. The summed E-state index contributed by atoms with van der Waals surface area (Å²) in [6, 6.07) is 0. The quantitative estimate of drug-likeness (QED) is 0.514. The van der Waals surface area contributed by atoms with Crippen LogP contribution >= 0.6 is 0 Å². The summed E-state index contributed by atoms with van der Waals surface area (Å²) >= 11 is 0. The molecule has 10 heteroatoms. The Labute approximate surface area is 111 Å². The maximum Gasteiger partial charge on any atom is 0.236 e. The number of carbonyl (C=O) groups excluding carboxylic acids is 2. The van der Waals surface area contributed by atoms with Crippen molar-refractivity contribution in [2.24, 2.45) is 0 Å². The molecule has 2 amide bonds. The van der Waals surface area contributed by atoms with Crippen LogP contribution in [0.15, 0.2) is 24.0 Å². The summed E-state index contributed by atoms with van der Waals surface area (Å²) in [6.07, 6.45) is 0. The Kier molecular flexibility index (Phi) is 6.42. The van der Waals surface area contributed by atoms with Crippen molar-refractivity contribution in [1.29, 1.82) is 0 Å². The smallest absolute Gasteiger partial charge is 0.236 e. The van der Waals surface area contributed by atoms with Gasteiger partial charge in [0.2, 0.25) is 11.8 Å². The standard InChI is InChI=1S/C9H14N2O6S2/c1-3-18(14,15)5-8(12)10-7-11-9(13)6-19(16,17)4-2/h3-4H,1-2,5-7H2,(H,10,12)(H,11,13). The normalized spacial score (nSPS) is 11.4. The SMILES string of the molecule is C=CS(=O)(=O)CC(=O)NCNC(=O)CS(=O)(=O)C=C. The van der Waals surface area contributed by atoms with E-state index in [9.17, 15) is 26.4 Å². The first-order chi connectivity index (χ1) is 8.62. The monoisotopic (exact) mass is 310 g/mol. The van der Waals surface area contributed by atoms with E-state index in [1.165, 1.54) is 0 Å². The Bertz CT molecular complexity index is 524. The van der Waals surface area contributed by atoms with Gasteiger partial charge >= 0.3 is 0 Å². The molecule has 2 N–H and O–H groups in total. The highest BCUT2D eigenvalue weighted by atomic mass is 32.2. The van der Waals surface area contributed by atoms with Gasteiger partial charge < -0.3 is 10.6 Å². The maximum atomic E-state index is 11.1. The summed E-state index contributed by atoms with van der Waals surface area (Å²) in [5.74, 6) is -3.27. The van der Waals surface area contributed by atoms with Gasteiger partial charge in [0.05, 0.1) is 6.67 Å². The Morgan fingerprint density at radius 3 is 1.42 bits per heavy atom. The molecule has 19 heavy (non-hydrogen) atoms. The van der Waals surface area contributed by atoms with Gasteiger partial charge in [-0.2, -0.15) is 0 Å². The molecule has 0 aliphatic carbocycles. The molecule has 0 spiro atoms. The lowest BCUT2D eigenvalue weighted by atomic mass is 10.6. The van der Waals surface area contributed by atoms with E-state index >= 15 is 0 Å². The average molecular weight is 310 g/mol. The van der Waals surface area contributed by atoms with Crippen LogP contribution < -0.4 is 10.6 Å². The van der Waals surface area contributed by atoms with Gasteiger partial charge in [0.1, 0.15) is 11.5 Å². The van der Waals surface area contributed by atoms with Crippen LogP contribution in [0.3, 0.4) is 0 Å². The summed E-state index contributed by atoms with van der Waals surface area (Å²) in [7, 11) is -7.34. The summed E-state index contributed by atoms with van der Waals surface area (Å²) < 4.78 is 43.9. The molecule has 0 aromatic carbocycles. The number of hydrogen-bond donors (Lipinski definition) is 2. The topological polar surface area (TPSA) is 126 Å². The summed E-state index contributed by atoms with van der Waals surface area (Å²) in [5, 5.41) is 5.46. The largest absolute Gasteiger partial charge is 0.338 e. The molecule has 108 valence electrons. The molecule has 0 fully saturated rings. The lowest BCUT2D eigenvalue weighted by molar-refractivity contribution is -0.120. The fourth-order valence-corrected chi connectivity index (χ4v) is 2.00. The van der Waals surface area contributed by atoms with Crippen LogP contribution in [0.4, 0.5) is 0 Å². The van der Waals surface area contributed by atoms with Crippen LogP contribution in [0.5, 0.6) is 0 Å². The molecular formula is C9H14N2O6S2. The van der Waals surface area contributed by atoms with E-state index in [0.29, 0.717) is 10.8 Å². The first-order valence-electron chi connectivity index (χ1n) is 4.85. The van der Waals surface area contributed by atoms with Gasteiger partial charge in [-0.15, -0.1) is 0 Å². The molecule has 0 aliphatic heterocycles. The zero-order chi connectivity index (χ0) is 15.1. The second-order valence-electron chi connectivity index (χ2n) is 3.32. The van der Waals surface area contributed by atoms with Crippen molar-refractivity contribution < 1.29 is 26.4 Å². The van der Waals surface area contributed by atoms with Crippen LogP contribution in [0.1, 0.15) is 0 Å². The highest BCUT2D eigenvalue weighted by Crippen LogP contribution is 1.90. The summed E-state index contributed by atoms with van der Waals surface area (Å²) in [5.41, 5.74) is 0. The lowest BCUT2D eigenvalue weighted by Crippen LogP contribution is -2.41. The number of rotatable bonds is 8. The van der Waals surface area contributed by atoms with E-state index in [1.807, 2.05) is 0 Å². The molecule has 0 aromatic heterocycles. The molecule has 8 nitrogen and oxygen atoms in total. The van der Waals surface area contributed by atoms with Crippen molar-refractivity contribution in [3.05, 3.63) is 24.0 Å². The van der Waals surface area contributed by atoms with Crippen molar-refractivity contribution in [1.82, 2.24) is 10.6 Å². The second kappa shape index (κ2) is 7.04. The first kappa shape index (κ1) is 17.3. The van der Waals surface area contributed by atoms with Gasteiger partial charge in [-0.25, -0.2) is 16.8 Å². The van der Waals surface area contributed by atoms with Crippen LogP contribution in [0, 0.1) is 0 Å². The Morgan fingerprint density at radius 2 is 1.16 bits per heavy atom. The van der Waals surface area contributed by atoms with E-state index in [4.69, 9.17) is 0 Å². The van der Waals surface area contributed by atoms with Crippen molar-refractivity contribution in [2.45, 2.75) is 0 Å². The third-order valence-corrected chi connectivity index (χ3v) is 4.09. The molecule has 0 atom stereocenters. The van der Waals surface area contributed by atoms with E-state index < -0.39 is 43.0 Å². The molecular weight excluding hydrogens is 296 g/mol. The van der Waals surface area contributed by atoms with E-state index in [-0.39, 0.29) is 6.67 Å². The number of carbonyl (C=O) groups is 2. The van der Waals surface area contributed by atoms with E-state index in [1.54, 1.807) is 0 Å². The molecule has 0 saturated heterocycles. The predicted octanol–water partition coefficient (Wildman–Crippen LogP) is -1.71. The number of nitrogens with one attached hydrogen (secondary N) is 2. The highest BCUT2D eigenvalue weighted by Gasteiger charge is 2.14. The van der Waals surface area contributed by atoms with E-state index in [2.05, 4.69) is 23.8 Å². The average Bonchev–Trinajstić information content (AvgIpc) is 2.27. The Hall–Kier alpha value is -1.68. The minimum Gasteiger partial charge on any atom is -0.338 e. The molecule has 0 aliphatic rings. The molecule has 0 saturated carbocycles. The van der Waals surface area contributed by atoms with Crippen LogP contribution in [0.25, 0.3) is 0 Å². The number of hydrogen-bond acceptors (Lipinski definition) is 6. The molecule has 0 unspecified atom stereocenters. The third-order valence-electron chi connectivity index (χ3n) is 1.74. The Balaban J connectivity index is 4.12. The van der Waals surface area contributed by atoms with Crippen LogP contribution in [-0.4, -0.2) is 46.8 Å². The van der Waals surface area contributed by atoms with Crippen LogP contribution in [0.2, 0.25) is 0 Å². The van der Waals surface area contributed by atoms with Crippen molar-refractivity contribution in [2.75, 3.05) is 18.2 Å². The zero-order valence-corrected chi connectivity index (χ0v) is 11.6. The van der Waals surface area contributed by atoms with Crippen molar-refractivity contribution in [3.8, 4) is 0 Å². The van der Waals surface area contributed by atoms with Crippen molar-refractivity contribution in [3.63, 3.8) is 0 Å². The second-order valence-corrected chi connectivity index (χ2v) is 7.22. The predicted molar refractivity (Wildman–Crippen MR) is 69.1 cm³/mol. The minimum absolute atomic E-state index is 0.378. The molecule has 0 radical (unpaired) electrons. The number of amides is 2. The third kappa shape index (κ3) is 8.11. The molecule has 0 aromatic rings.